The molecule has 0 radical (unpaired) electrons. The number of aliphatic hydroxyl groups is 1. The third-order valence-corrected chi connectivity index (χ3v) is 13.0. The van der Waals surface area contributed by atoms with E-state index in [2.05, 4.69) is 67.9 Å². The minimum Gasteiger partial charge on any atom is -0.478 e. The average molecular weight is 998 g/mol. The van der Waals surface area contributed by atoms with Crippen LogP contribution in [-0.2, 0) is 36.0 Å². The fourth-order valence-corrected chi connectivity index (χ4v) is 9.03. The molecule has 2 aliphatic rings. The number of aromatic nitrogens is 10. The van der Waals surface area contributed by atoms with Gasteiger partial charge in [0.2, 0.25) is 11.8 Å². The van der Waals surface area contributed by atoms with Gasteiger partial charge in [0.1, 0.15) is 34.7 Å². The van der Waals surface area contributed by atoms with Gasteiger partial charge in [0.25, 0.3) is 5.88 Å². The van der Waals surface area contributed by atoms with Crippen LogP contribution in [0.5, 0.6) is 11.8 Å². The van der Waals surface area contributed by atoms with Crippen LogP contribution in [0.25, 0.3) is 16.8 Å². The molecule has 0 aromatic carbocycles. The van der Waals surface area contributed by atoms with E-state index in [9.17, 15) is 9.90 Å². The number of imidazole rings is 1. The summed E-state index contributed by atoms with van der Waals surface area (Å²) in [7, 11) is 3.37. The maximum Gasteiger partial charge on any atom is 0.408 e. The molecule has 3 atom stereocenters. The Balaban J connectivity index is 0.836. The molecule has 6 aromatic heterocycles. The summed E-state index contributed by atoms with van der Waals surface area (Å²) in [6.07, 6.45) is 11.3. The summed E-state index contributed by atoms with van der Waals surface area (Å²) in [5.74, 6) is 3.31. The number of hydrogen-bond acceptors (Lipinski definition) is 17. The van der Waals surface area contributed by atoms with Crippen molar-refractivity contribution in [3.05, 3.63) is 54.2 Å². The number of nitrogens with zero attached hydrogens (tertiary/aromatic N) is 12. The van der Waals surface area contributed by atoms with Gasteiger partial charge in [0.15, 0.2) is 22.6 Å². The third-order valence-electron chi connectivity index (χ3n) is 13.0. The zero-order valence-electron chi connectivity index (χ0n) is 43.4. The number of aryl methyl sites for hydroxylation is 3. The van der Waals surface area contributed by atoms with Crippen molar-refractivity contribution in [2.75, 3.05) is 60.4 Å². The third kappa shape index (κ3) is 12.5. The van der Waals surface area contributed by atoms with Gasteiger partial charge in [-0.1, -0.05) is 13.0 Å². The lowest BCUT2D eigenvalue weighted by atomic mass is 9.99. The smallest absolute Gasteiger partial charge is 0.408 e. The van der Waals surface area contributed by atoms with Crippen LogP contribution >= 0.6 is 0 Å². The monoisotopic (exact) mass is 998 g/mol. The number of nitrogens with one attached hydrogen (secondary N) is 3. The zero-order valence-corrected chi connectivity index (χ0v) is 43.4. The first-order valence-corrected chi connectivity index (χ1v) is 25.0. The Morgan fingerprint density at radius 1 is 0.986 bits per heavy atom. The molecule has 22 heteroatoms. The molecule has 0 spiro atoms. The van der Waals surface area contributed by atoms with E-state index < -0.39 is 35.1 Å². The second-order valence-corrected chi connectivity index (χ2v) is 21.0. The normalized spacial score (nSPS) is 17.8. The fourth-order valence-electron chi connectivity index (χ4n) is 9.03. The number of alkyl carbamates (subject to hydrolysis) is 1. The van der Waals surface area contributed by atoms with Crippen molar-refractivity contribution in [3.63, 3.8) is 0 Å². The number of amides is 1. The van der Waals surface area contributed by atoms with Crippen LogP contribution in [0.1, 0.15) is 105 Å². The Morgan fingerprint density at radius 2 is 1.81 bits per heavy atom. The van der Waals surface area contributed by atoms with Gasteiger partial charge < -0.3 is 54.4 Å². The lowest BCUT2D eigenvalue weighted by Crippen LogP contribution is -2.44. The Morgan fingerprint density at radius 3 is 2.54 bits per heavy atom. The van der Waals surface area contributed by atoms with E-state index >= 15 is 4.39 Å². The van der Waals surface area contributed by atoms with Crippen LogP contribution in [0.15, 0.2) is 43.1 Å². The van der Waals surface area contributed by atoms with Crippen LogP contribution in [0.3, 0.4) is 0 Å². The largest absolute Gasteiger partial charge is 0.478 e. The molecule has 2 aliphatic heterocycles. The van der Waals surface area contributed by atoms with Crippen molar-refractivity contribution in [2.45, 2.75) is 148 Å². The molecule has 21 nitrogen and oxygen atoms in total. The molecule has 8 heterocycles. The summed E-state index contributed by atoms with van der Waals surface area (Å²) in [6, 6.07) is 5.44. The number of halogens is 1. The van der Waals surface area contributed by atoms with Crippen molar-refractivity contribution in [2.24, 2.45) is 7.05 Å². The summed E-state index contributed by atoms with van der Waals surface area (Å²) in [5, 5.41) is 28.7. The zero-order chi connectivity index (χ0) is 51.4. The molecule has 390 valence electrons. The van der Waals surface area contributed by atoms with E-state index in [0.717, 1.165) is 67.1 Å². The number of ether oxygens (including phenoxy) is 4. The van der Waals surface area contributed by atoms with E-state index in [4.69, 9.17) is 33.9 Å². The highest BCUT2D eigenvalue weighted by Crippen LogP contribution is 2.33. The highest BCUT2D eigenvalue weighted by Gasteiger charge is 2.37. The maximum atomic E-state index is 15.3. The quantitative estimate of drug-likeness (QED) is 0.0562. The van der Waals surface area contributed by atoms with Gasteiger partial charge in [-0.05, 0) is 92.6 Å². The number of fused-ring (bicyclic) bond motifs is 2. The average Bonchev–Trinajstić information content (AvgIpc) is 4.12. The van der Waals surface area contributed by atoms with E-state index in [0.29, 0.717) is 67.0 Å². The predicted molar refractivity (Wildman–Crippen MR) is 273 cm³/mol. The Kier molecular flexibility index (Phi) is 15.6. The molecule has 0 aliphatic carbocycles. The first-order chi connectivity index (χ1) is 34.3. The fraction of sp³-hybridized carbons (Fsp3) is 0.600. The summed E-state index contributed by atoms with van der Waals surface area (Å²) in [4.78, 5) is 40.3. The van der Waals surface area contributed by atoms with Crippen LogP contribution in [0.2, 0.25) is 0 Å². The second-order valence-electron chi connectivity index (χ2n) is 21.0. The predicted octanol–water partition coefficient (Wildman–Crippen LogP) is 7.15. The number of piperidine rings is 1. The van der Waals surface area contributed by atoms with Gasteiger partial charge in [-0.2, -0.15) is 19.6 Å². The second kappa shape index (κ2) is 21.7. The maximum absolute atomic E-state index is 15.3. The SMILES string of the molecule is CCc1cnn2c(NCc3ccc(OC(C)(C)CCOC(C)(C)CCn4cc(Nc5nc(N6C[C@@H](F)[C@H](NC(=O)OC(C)(C)C)C6)nc6c5ncn6C)c(OC)n4)nc3)cc(N3CCCC[C@H]3CCO)nc12. The molecular formula is C50H72FN15O6. The molecule has 8 rings (SSSR count). The van der Waals surface area contributed by atoms with Gasteiger partial charge in [-0.3, -0.25) is 4.68 Å². The van der Waals surface area contributed by atoms with Gasteiger partial charge >= 0.3 is 6.09 Å². The van der Waals surface area contributed by atoms with Crippen LogP contribution in [-0.4, -0.2) is 135 Å². The number of anilines is 5. The molecule has 2 saturated heterocycles. The van der Waals surface area contributed by atoms with Crippen LogP contribution in [0, 0.1) is 0 Å². The van der Waals surface area contributed by atoms with Crippen molar-refractivity contribution < 1.29 is 33.2 Å². The van der Waals surface area contributed by atoms with Gasteiger partial charge in [0, 0.05) is 76.2 Å². The number of rotatable bonds is 21. The number of alkyl halides is 1. The minimum atomic E-state index is -1.36. The lowest BCUT2D eigenvalue weighted by Gasteiger charge is -2.36. The molecule has 0 unspecified atom stereocenters. The lowest BCUT2D eigenvalue weighted by molar-refractivity contribution is -0.0480. The molecule has 1 amide bonds. The Labute approximate surface area is 420 Å². The molecule has 2 fully saturated rings. The van der Waals surface area contributed by atoms with Gasteiger partial charge in [-0.15, -0.1) is 5.10 Å². The molecule has 4 N–H and O–H groups in total. The van der Waals surface area contributed by atoms with E-state index in [-0.39, 0.29) is 31.7 Å². The van der Waals surface area contributed by atoms with Crippen LogP contribution in [0.4, 0.5) is 38.3 Å². The summed E-state index contributed by atoms with van der Waals surface area (Å²) < 4.78 is 44.6. The van der Waals surface area contributed by atoms with Crippen molar-refractivity contribution >= 4 is 52.0 Å². The highest BCUT2D eigenvalue weighted by atomic mass is 19.1. The highest BCUT2D eigenvalue weighted by molar-refractivity contribution is 5.87. The van der Waals surface area contributed by atoms with Gasteiger partial charge in [0.05, 0.1) is 50.6 Å². The Bertz CT molecular complexity index is 2790. The summed E-state index contributed by atoms with van der Waals surface area (Å²) in [6.45, 7) is 18.3. The van der Waals surface area contributed by atoms with E-state index in [1.807, 2.05) is 56.1 Å². The topological polar surface area (TPSA) is 221 Å². The summed E-state index contributed by atoms with van der Waals surface area (Å²) in [5.41, 5.74) is 2.76. The van der Waals surface area contributed by atoms with Crippen molar-refractivity contribution in [1.82, 2.24) is 54.2 Å². The summed E-state index contributed by atoms with van der Waals surface area (Å²) >= 11 is 0. The van der Waals surface area contributed by atoms with Gasteiger partial charge in [-0.25, -0.2) is 24.1 Å². The number of pyridine rings is 1. The first kappa shape index (κ1) is 51.8. The standard InChI is InChI=1S/C50H72FN15O6/c1-11-33-27-55-66-38(24-39(58-43(33)66)65-20-13-12-14-34(65)17-22-67)52-25-32-15-16-40(53-26-32)71-50(7,8)19-23-70-49(5,6)18-21-64-30-37(45(61-64)69-10)56-42-41-44(62(9)31-54-41)60-46(59-42)63-28-35(51)36(29-63)57-47(68)72-48(2,3)4/h15-16,24,26-27,30-31,34-36,52,67H,11-14,17-23,25,28-29H2,1-10H3,(H,57,68)(H,56,59,60)/t34-,35+,36+/m0/s1. The first-order valence-electron chi connectivity index (χ1n) is 25.0. The number of aliphatic hydroxyl groups excluding tert-OH is 1. The molecule has 6 aromatic rings. The number of carbonyl (C=O) groups excluding carboxylic acids is 1. The van der Waals surface area contributed by atoms with Crippen molar-refractivity contribution in [3.8, 4) is 11.8 Å². The Hall–Kier alpha value is -6.55. The van der Waals surface area contributed by atoms with E-state index in [1.54, 1.807) is 48.4 Å². The van der Waals surface area contributed by atoms with Crippen molar-refractivity contribution in [1.29, 1.82) is 0 Å². The number of hydrogen-bond donors (Lipinski definition) is 4. The molecular weight excluding hydrogens is 926 g/mol. The molecule has 72 heavy (non-hydrogen) atoms. The molecule has 0 bridgehead atoms. The number of methoxy groups -OCH3 is 1. The number of carbonyl (C=O) groups is 1. The van der Waals surface area contributed by atoms with Crippen LogP contribution < -0.4 is 35.2 Å². The minimum absolute atomic E-state index is 0.0173. The molecule has 0 saturated carbocycles. The van der Waals surface area contributed by atoms with E-state index in [1.165, 1.54) is 0 Å².